The number of benzene rings is 2. The summed E-state index contributed by atoms with van der Waals surface area (Å²) in [6.45, 7) is 6.87. The molecule has 0 saturated carbocycles. The number of anilines is 1. The number of piperazine rings is 1. The standard InChI is InChI=1S/C24H26N4O2/c1-17-4-6-19(7-5-17)23-25-18(2)16-22(26-23)27-12-14-28(15-13-27)24(29)20-8-10-21(30-3)11-9-20/h4-11,16H,12-15H2,1-3H3. The van der Waals surface area contributed by atoms with Gasteiger partial charge in [-0.2, -0.15) is 0 Å². The molecule has 4 rings (SSSR count). The topological polar surface area (TPSA) is 58.6 Å². The van der Waals surface area contributed by atoms with Crippen LogP contribution in [0.25, 0.3) is 11.4 Å². The second kappa shape index (κ2) is 8.53. The Morgan fingerprint density at radius 2 is 1.57 bits per heavy atom. The van der Waals surface area contributed by atoms with E-state index in [1.807, 2.05) is 42.2 Å². The van der Waals surface area contributed by atoms with Crippen LogP contribution in [0.2, 0.25) is 0 Å². The lowest BCUT2D eigenvalue weighted by molar-refractivity contribution is 0.0746. The molecule has 0 radical (unpaired) electrons. The number of rotatable bonds is 4. The molecule has 6 nitrogen and oxygen atoms in total. The molecule has 1 fully saturated rings. The Labute approximate surface area is 177 Å². The molecule has 2 heterocycles. The second-order valence-electron chi connectivity index (χ2n) is 7.56. The third kappa shape index (κ3) is 4.27. The average molecular weight is 402 g/mol. The van der Waals surface area contributed by atoms with E-state index in [0.29, 0.717) is 18.7 Å². The summed E-state index contributed by atoms with van der Waals surface area (Å²) in [6.07, 6.45) is 0. The van der Waals surface area contributed by atoms with E-state index in [2.05, 4.69) is 41.1 Å². The van der Waals surface area contributed by atoms with Gasteiger partial charge in [0.1, 0.15) is 11.6 Å². The Hall–Kier alpha value is -3.41. The van der Waals surface area contributed by atoms with Crippen LogP contribution >= 0.6 is 0 Å². The Morgan fingerprint density at radius 1 is 0.900 bits per heavy atom. The third-order valence-electron chi connectivity index (χ3n) is 5.38. The van der Waals surface area contributed by atoms with Gasteiger partial charge < -0.3 is 14.5 Å². The first kappa shape index (κ1) is 19.9. The predicted molar refractivity (Wildman–Crippen MR) is 118 cm³/mol. The molecule has 1 saturated heterocycles. The van der Waals surface area contributed by atoms with E-state index in [1.54, 1.807) is 7.11 Å². The molecule has 1 aromatic heterocycles. The maximum absolute atomic E-state index is 12.8. The molecule has 0 unspecified atom stereocenters. The van der Waals surface area contributed by atoms with E-state index in [4.69, 9.17) is 9.72 Å². The molecule has 0 aliphatic carbocycles. The van der Waals surface area contributed by atoms with Crippen molar-refractivity contribution in [2.24, 2.45) is 0 Å². The fourth-order valence-electron chi connectivity index (χ4n) is 3.60. The normalized spacial score (nSPS) is 14.0. The van der Waals surface area contributed by atoms with Gasteiger partial charge in [0.15, 0.2) is 5.82 Å². The van der Waals surface area contributed by atoms with Crippen molar-refractivity contribution >= 4 is 11.7 Å². The van der Waals surface area contributed by atoms with E-state index in [9.17, 15) is 4.79 Å². The van der Waals surface area contributed by atoms with Gasteiger partial charge in [-0.1, -0.05) is 29.8 Å². The Morgan fingerprint density at radius 3 is 2.20 bits per heavy atom. The molecule has 3 aromatic rings. The molecule has 0 N–H and O–H groups in total. The zero-order valence-corrected chi connectivity index (χ0v) is 17.6. The average Bonchev–Trinajstić information content (AvgIpc) is 2.79. The van der Waals surface area contributed by atoms with Crippen molar-refractivity contribution in [1.82, 2.24) is 14.9 Å². The summed E-state index contributed by atoms with van der Waals surface area (Å²) in [5, 5.41) is 0. The van der Waals surface area contributed by atoms with Crippen LogP contribution in [0.3, 0.4) is 0 Å². The van der Waals surface area contributed by atoms with Gasteiger partial charge in [-0.3, -0.25) is 4.79 Å². The lowest BCUT2D eigenvalue weighted by Crippen LogP contribution is -2.49. The summed E-state index contributed by atoms with van der Waals surface area (Å²) in [6, 6.07) is 17.5. The zero-order chi connectivity index (χ0) is 21.1. The summed E-state index contributed by atoms with van der Waals surface area (Å²) in [5.41, 5.74) is 3.85. The number of aryl methyl sites for hydroxylation is 2. The van der Waals surface area contributed by atoms with Crippen LogP contribution in [0.5, 0.6) is 5.75 Å². The summed E-state index contributed by atoms with van der Waals surface area (Å²) >= 11 is 0. The van der Waals surface area contributed by atoms with Gasteiger partial charge in [-0.25, -0.2) is 9.97 Å². The molecule has 154 valence electrons. The van der Waals surface area contributed by atoms with Crippen molar-refractivity contribution in [2.45, 2.75) is 13.8 Å². The van der Waals surface area contributed by atoms with Crippen LogP contribution in [0.1, 0.15) is 21.6 Å². The number of hydrogen-bond donors (Lipinski definition) is 0. The predicted octanol–water partition coefficient (Wildman–Crippen LogP) is 3.73. The molecule has 30 heavy (non-hydrogen) atoms. The van der Waals surface area contributed by atoms with Gasteiger partial charge in [0.2, 0.25) is 0 Å². The SMILES string of the molecule is COc1ccc(C(=O)N2CCN(c3cc(C)nc(-c4ccc(C)cc4)n3)CC2)cc1. The summed E-state index contributed by atoms with van der Waals surface area (Å²) in [4.78, 5) is 26.3. The van der Waals surface area contributed by atoms with Gasteiger partial charge in [-0.15, -0.1) is 0 Å². The van der Waals surface area contributed by atoms with Crippen molar-refractivity contribution in [3.05, 3.63) is 71.4 Å². The van der Waals surface area contributed by atoms with Crippen LogP contribution in [0.4, 0.5) is 5.82 Å². The number of carbonyl (C=O) groups excluding carboxylic acids is 1. The minimum atomic E-state index is 0.0523. The number of ether oxygens (including phenoxy) is 1. The molecular weight excluding hydrogens is 376 g/mol. The second-order valence-corrected chi connectivity index (χ2v) is 7.56. The lowest BCUT2D eigenvalue weighted by atomic mass is 10.1. The number of carbonyl (C=O) groups is 1. The highest BCUT2D eigenvalue weighted by Crippen LogP contribution is 2.22. The molecule has 2 aromatic carbocycles. The molecular formula is C24H26N4O2. The molecule has 1 amide bonds. The molecule has 1 aliphatic rings. The van der Waals surface area contributed by atoms with E-state index in [-0.39, 0.29) is 5.91 Å². The van der Waals surface area contributed by atoms with Crippen LogP contribution in [0.15, 0.2) is 54.6 Å². The van der Waals surface area contributed by atoms with Crippen molar-refractivity contribution in [3.8, 4) is 17.1 Å². The maximum Gasteiger partial charge on any atom is 0.253 e. The number of nitrogens with zero attached hydrogens (tertiary/aromatic N) is 4. The molecule has 6 heteroatoms. The van der Waals surface area contributed by atoms with Crippen LogP contribution in [-0.4, -0.2) is 54.1 Å². The van der Waals surface area contributed by atoms with E-state index in [1.165, 1.54) is 5.56 Å². The van der Waals surface area contributed by atoms with Crippen LogP contribution in [0, 0.1) is 13.8 Å². The smallest absolute Gasteiger partial charge is 0.253 e. The fraction of sp³-hybridized carbons (Fsp3) is 0.292. The first-order valence-corrected chi connectivity index (χ1v) is 10.1. The minimum absolute atomic E-state index is 0.0523. The summed E-state index contributed by atoms with van der Waals surface area (Å²) in [5.74, 6) is 2.45. The summed E-state index contributed by atoms with van der Waals surface area (Å²) < 4.78 is 5.17. The highest BCUT2D eigenvalue weighted by atomic mass is 16.5. The number of methoxy groups -OCH3 is 1. The maximum atomic E-state index is 12.8. The van der Waals surface area contributed by atoms with Crippen molar-refractivity contribution in [3.63, 3.8) is 0 Å². The van der Waals surface area contributed by atoms with E-state index in [0.717, 1.165) is 41.7 Å². The molecule has 0 bridgehead atoms. The Kier molecular flexibility index (Phi) is 5.65. The number of hydrogen-bond acceptors (Lipinski definition) is 5. The third-order valence-corrected chi connectivity index (χ3v) is 5.38. The summed E-state index contributed by atoms with van der Waals surface area (Å²) in [7, 11) is 1.62. The lowest BCUT2D eigenvalue weighted by Gasteiger charge is -2.35. The largest absolute Gasteiger partial charge is 0.497 e. The highest BCUT2D eigenvalue weighted by molar-refractivity contribution is 5.94. The van der Waals surface area contributed by atoms with Gasteiger partial charge in [-0.05, 0) is 38.1 Å². The Balaban J connectivity index is 1.46. The Bertz CT molecular complexity index is 1020. The number of amides is 1. The van der Waals surface area contributed by atoms with E-state index >= 15 is 0 Å². The van der Waals surface area contributed by atoms with Gasteiger partial charge in [0, 0.05) is 49.1 Å². The van der Waals surface area contributed by atoms with Crippen LogP contribution < -0.4 is 9.64 Å². The van der Waals surface area contributed by atoms with Gasteiger partial charge >= 0.3 is 0 Å². The van der Waals surface area contributed by atoms with Gasteiger partial charge in [0.25, 0.3) is 5.91 Å². The van der Waals surface area contributed by atoms with E-state index < -0.39 is 0 Å². The fourth-order valence-corrected chi connectivity index (χ4v) is 3.60. The molecule has 0 spiro atoms. The zero-order valence-electron chi connectivity index (χ0n) is 17.6. The first-order chi connectivity index (χ1) is 14.5. The number of aromatic nitrogens is 2. The highest BCUT2D eigenvalue weighted by Gasteiger charge is 2.23. The first-order valence-electron chi connectivity index (χ1n) is 10.1. The van der Waals surface area contributed by atoms with Crippen molar-refractivity contribution < 1.29 is 9.53 Å². The monoisotopic (exact) mass is 402 g/mol. The van der Waals surface area contributed by atoms with Gasteiger partial charge in [0.05, 0.1) is 7.11 Å². The van der Waals surface area contributed by atoms with Crippen LogP contribution in [-0.2, 0) is 0 Å². The molecule has 0 atom stereocenters. The van der Waals surface area contributed by atoms with Crippen molar-refractivity contribution in [2.75, 3.05) is 38.2 Å². The quantitative estimate of drug-likeness (QED) is 0.666. The molecule has 1 aliphatic heterocycles. The van der Waals surface area contributed by atoms with Crippen molar-refractivity contribution in [1.29, 1.82) is 0 Å². The minimum Gasteiger partial charge on any atom is -0.497 e.